The van der Waals surface area contributed by atoms with Crippen LogP contribution in [0.15, 0.2) is 168 Å². The van der Waals surface area contributed by atoms with Crippen LogP contribution >= 0.6 is 0 Å². The molecule has 0 spiro atoms. The highest BCUT2D eigenvalue weighted by molar-refractivity contribution is 6.99. The third-order valence-electron chi connectivity index (χ3n) is 13.2. The van der Waals surface area contributed by atoms with Crippen molar-refractivity contribution in [1.82, 2.24) is 4.57 Å². The zero-order valence-electron chi connectivity index (χ0n) is 35.0. The molecule has 0 bridgehead atoms. The van der Waals surface area contributed by atoms with Gasteiger partial charge in [-0.1, -0.05) is 137 Å². The number of aromatic nitrogens is 1. The predicted molar refractivity (Wildman–Crippen MR) is 257 cm³/mol. The molecule has 0 saturated heterocycles. The Morgan fingerprint density at radius 2 is 1.28 bits per heavy atom. The SMILES string of the molecule is CCCCc1c(N2c3cc(-n4c5ccccc5c5ccccc54)ccc3B3c4cc(-c5ccccc5)ccc4Oc4cc(C(C)(C)C)cc2c43)ccc2oc3ccccc3c12. The largest absolute Gasteiger partial charge is 0.458 e. The van der Waals surface area contributed by atoms with Crippen LogP contribution < -0.4 is 26.0 Å². The molecule has 10 aromatic rings. The minimum Gasteiger partial charge on any atom is -0.458 e. The number of nitrogens with zero attached hydrogens (tertiary/aromatic N) is 2. The summed E-state index contributed by atoms with van der Waals surface area (Å²) in [4.78, 5) is 2.58. The van der Waals surface area contributed by atoms with E-state index < -0.39 is 0 Å². The monoisotopic (exact) mass is 788 g/mol. The Hall–Kier alpha value is -6.98. The maximum Gasteiger partial charge on any atom is 0.256 e. The van der Waals surface area contributed by atoms with Crippen LogP contribution in [0.5, 0.6) is 11.5 Å². The Morgan fingerprint density at radius 1 is 0.557 bits per heavy atom. The van der Waals surface area contributed by atoms with E-state index in [4.69, 9.17) is 9.15 Å². The summed E-state index contributed by atoms with van der Waals surface area (Å²) >= 11 is 0. The van der Waals surface area contributed by atoms with Crippen molar-refractivity contribution in [3.8, 4) is 28.3 Å². The van der Waals surface area contributed by atoms with Crippen molar-refractivity contribution in [2.75, 3.05) is 4.90 Å². The molecule has 2 aliphatic rings. The van der Waals surface area contributed by atoms with Gasteiger partial charge in [0.15, 0.2) is 0 Å². The maximum absolute atomic E-state index is 7.09. The van der Waals surface area contributed by atoms with E-state index in [9.17, 15) is 0 Å². The average molecular weight is 789 g/mol. The number of aryl methyl sites for hydroxylation is 1. The summed E-state index contributed by atoms with van der Waals surface area (Å²) in [7, 11) is 0. The molecule has 2 aromatic heterocycles. The first-order valence-corrected chi connectivity index (χ1v) is 21.8. The number of ether oxygens (including phenoxy) is 1. The Kier molecular flexibility index (Phi) is 7.96. The summed E-state index contributed by atoms with van der Waals surface area (Å²) in [5.74, 6) is 1.84. The summed E-state index contributed by atoms with van der Waals surface area (Å²) in [6.45, 7) is 9.15. The zero-order chi connectivity index (χ0) is 41.0. The molecule has 0 fully saturated rings. The molecule has 0 aliphatic carbocycles. The lowest BCUT2D eigenvalue weighted by Crippen LogP contribution is -2.59. The van der Waals surface area contributed by atoms with Gasteiger partial charge in [-0.25, -0.2) is 0 Å². The van der Waals surface area contributed by atoms with Crippen molar-refractivity contribution in [2.45, 2.75) is 52.4 Å². The third-order valence-corrected chi connectivity index (χ3v) is 13.2. The number of hydrogen-bond acceptors (Lipinski definition) is 3. The smallest absolute Gasteiger partial charge is 0.256 e. The quantitative estimate of drug-likeness (QED) is 0.157. The molecule has 0 atom stereocenters. The molecule has 2 aliphatic heterocycles. The van der Waals surface area contributed by atoms with Gasteiger partial charge in [0.05, 0.1) is 16.7 Å². The van der Waals surface area contributed by atoms with Crippen LogP contribution in [-0.4, -0.2) is 11.3 Å². The van der Waals surface area contributed by atoms with Crippen LogP contribution in [0, 0.1) is 0 Å². The van der Waals surface area contributed by atoms with E-state index in [0.29, 0.717) is 0 Å². The van der Waals surface area contributed by atoms with Crippen LogP contribution in [0.2, 0.25) is 0 Å². The second-order valence-electron chi connectivity index (χ2n) is 17.9. The molecule has 61 heavy (non-hydrogen) atoms. The van der Waals surface area contributed by atoms with Gasteiger partial charge in [0.2, 0.25) is 0 Å². The Bertz CT molecular complexity index is 3330. The first kappa shape index (κ1) is 35.9. The van der Waals surface area contributed by atoms with Crippen LogP contribution in [0.25, 0.3) is 60.6 Å². The second kappa shape index (κ2) is 13.5. The summed E-state index contributed by atoms with van der Waals surface area (Å²) in [6, 6.07) is 60.1. The van der Waals surface area contributed by atoms with Crippen LogP contribution in [0.4, 0.5) is 17.1 Å². The molecule has 294 valence electrons. The van der Waals surface area contributed by atoms with Crippen molar-refractivity contribution in [3.05, 3.63) is 175 Å². The van der Waals surface area contributed by atoms with Crippen LogP contribution in [-0.2, 0) is 11.8 Å². The summed E-state index contributed by atoms with van der Waals surface area (Å²) in [5.41, 5.74) is 17.4. The minimum absolute atomic E-state index is 0.0533. The molecule has 4 heterocycles. The topological polar surface area (TPSA) is 30.5 Å². The van der Waals surface area contributed by atoms with Crippen LogP contribution in [0.3, 0.4) is 0 Å². The first-order valence-electron chi connectivity index (χ1n) is 21.8. The molecular weight excluding hydrogens is 743 g/mol. The lowest BCUT2D eigenvalue weighted by atomic mass is 9.34. The fourth-order valence-electron chi connectivity index (χ4n) is 10.3. The molecule has 5 heteroatoms. The van der Waals surface area contributed by atoms with Gasteiger partial charge in [-0.05, 0) is 118 Å². The average Bonchev–Trinajstić information content (AvgIpc) is 3.84. The normalized spacial score (nSPS) is 13.2. The molecule has 0 saturated carbocycles. The van der Waals surface area contributed by atoms with Crippen molar-refractivity contribution in [1.29, 1.82) is 0 Å². The highest BCUT2D eigenvalue weighted by atomic mass is 16.5. The third kappa shape index (κ3) is 5.46. The van der Waals surface area contributed by atoms with Gasteiger partial charge in [0, 0.05) is 38.6 Å². The number of furan rings is 1. The molecular formula is C56H45BN2O2. The molecule has 12 rings (SSSR count). The van der Waals surface area contributed by atoms with Crippen molar-refractivity contribution in [3.63, 3.8) is 0 Å². The number of para-hydroxylation sites is 3. The van der Waals surface area contributed by atoms with Crippen molar-refractivity contribution < 1.29 is 9.15 Å². The number of anilines is 3. The van der Waals surface area contributed by atoms with Crippen LogP contribution in [0.1, 0.15) is 51.7 Å². The van der Waals surface area contributed by atoms with E-state index in [1.165, 1.54) is 82.9 Å². The Balaban J connectivity index is 1.20. The Morgan fingerprint density at radius 3 is 2.03 bits per heavy atom. The Labute approximate surface area is 356 Å². The van der Waals surface area contributed by atoms with Gasteiger partial charge in [-0.2, -0.15) is 0 Å². The zero-order valence-corrected chi connectivity index (χ0v) is 35.0. The summed E-state index contributed by atoms with van der Waals surface area (Å²) in [5, 5.41) is 4.88. The second-order valence-corrected chi connectivity index (χ2v) is 17.9. The lowest BCUT2D eigenvalue weighted by Gasteiger charge is -2.42. The standard InChI is InChI=1S/C56H45BN2O2/c1-5-6-18-41-47(28-30-52-54(41)42-21-12-15-24-50(42)60-52)59-48-34-38(58-45-22-13-10-19-39(45)40-20-11-14-23-46(40)58)26-27-43(48)57-44-31-36(35-16-8-7-9-17-35)25-29-51(44)61-53-33-37(56(2,3)4)32-49(59)55(53)57/h7-17,19-34H,5-6,18H2,1-4H3. The number of benzene rings is 8. The van der Waals surface area contributed by atoms with Gasteiger partial charge in [0.1, 0.15) is 22.7 Å². The number of hydrogen-bond donors (Lipinski definition) is 0. The van der Waals surface area contributed by atoms with E-state index in [-0.39, 0.29) is 12.1 Å². The first-order chi connectivity index (χ1) is 29.9. The fourth-order valence-corrected chi connectivity index (χ4v) is 10.3. The molecule has 8 aromatic carbocycles. The van der Waals surface area contributed by atoms with E-state index in [1.807, 2.05) is 0 Å². The summed E-state index contributed by atoms with van der Waals surface area (Å²) < 4.78 is 16.1. The van der Waals surface area contributed by atoms with Crippen molar-refractivity contribution in [2.24, 2.45) is 0 Å². The highest BCUT2D eigenvalue weighted by Gasteiger charge is 2.43. The van der Waals surface area contributed by atoms with Crippen molar-refractivity contribution >= 4 is 83.9 Å². The lowest BCUT2D eigenvalue weighted by molar-refractivity contribution is 0.483. The molecule has 0 unspecified atom stereocenters. The number of rotatable bonds is 6. The fraction of sp³-hybridized carbons (Fsp3) is 0.143. The van der Waals surface area contributed by atoms with E-state index >= 15 is 0 Å². The van der Waals surface area contributed by atoms with Gasteiger partial charge in [0.25, 0.3) is 6.71 Å². The molecule has 4 nitrogen and oxygen atoms in total. The van der Waals surface area contributed by atoms with E-state index in [1.54, 1.807) is 0 Å². The number of unbranched alkanes of at least 4 members (excludes halogenated alkanes) is 1. The van der Waals surface area contributed by atoms with E-state index in [2.05, 4.69) is 201 Å². The molecule has 0 radical (unpaired) electrons. The van der Waals surface area contributed by atoms with Gasteiger partial charge >= 0.3 is 0 Å². The maximum atomic E-state index is 7.09. The van der Waals surface area contributed by atoms with Gasteiger partial charge in [-0.15, -0.1) is 0 Å². The summed E-state index contributed by atoms with van der Waals surface area (Å²) in [6.07, 6.45) is 3.08. The molecule has 0 amide bonds. The van der Waals surface area contributed by atoms with Gasteiger partial charge < -0.3 is 18.6 Å². The van der Waals surface area contributed by atoms with Gasteiger partial charge in [-0.3, -0.25) is 0 Å². The predicted octanol–water partition coefficient (Wildman–Crippen LogP) is 13.4. The van der Waals surface area contributed by atoms with E-state index in [0.717, 1.165) is 53.0 Å². The minimum atomic E-state index is -0.131. The number of fused-ring (bicyclic) bond motifs is 10. The highest BCUT2D eigenvalue weighted by Crippen LogP contribution is 2.48. The molecule has 0 N–H and O–H groups in total.